The average Bonchev–Trinajstić information content (AvgIpc) is 2.18. The lowest BCUT2D eigenvalue weighted by molar-refractivity contribution is -0.248. The molecular weight excluding hydrogens is 261 g/mol. The van der Waals surface area contributed by atoms with Crippen molar-refractivity contribution in [1.82, 2.24) is 0 Å². The van der Waals surface area contributed by atoms with E-state index in [0.717, 1.165) is 0 Å². The Morgan fingerprint density at radius 2 is 1.53 bits per heavy atom. The van der Waals surface area contributed by atoms with Gasteiger partial charge in [0.05, 0.1) is 12.6 Å². The predicted octanol–water partition coefficient (Wildman–Crippen LogP) is -4.18. The summed E-state index contributed by atoms with van der Waals surface area (Å²) < 4.78 is 13.6. The number of aliphatic hydroxyl groups excluding tert-OH is 4. The molecular formula is C6H16NO9P. The summed E-state index contributed by atoms with van der Waals surface area (Å²) in [6.07, 6.45) is -4.85. The molecule has 0 unspecified atom stereocenters. The summed E-state index contributed by atoms with van der Waals surface area (Å²) in [4.78, 5) is 21.6. The first-order chi connectivity index (χ1) is 7.57. The second-order valence-electron chi connectivity index (χ2n) is 3.32. The summed E-state index contributed by atoms with van der Waals surface area (Å²) in [6, 6.07) is -1.04. The van der Waals surface area contributed by atoms with Gasteiger partial charge < -0.3 is 45.6 Å². The van der Waals surface area contributed by atoms with Crippen molar-refractivity contribution in [2.45, 2.75) is 30.6 Å². The fraction of sp³-hybridized carbons (Fsp3) is 1.00. The van der Waals surface area contributed by atoms with Gasteiger partial charge in [0, 0.05) is 0 Å². The van der Waals surface area contributed by atoms with Gasteiger partial charge in [-0.3, -0.25) is 0 Å². The van der Waals surface area contributed by atoms with Gasteiger partial charge in [-0.05, 0) is 0 Å². The van der Waals surface area contributed by atoms with E-state index < -0.39 is 45.1 Å². The Hall–Kier alpha value is -0.130. The van der Waals surface area contributed by atoms with E-state index in [4.69, 9.17) is 39.9 Å². The van der Waals surface area contributed by atoms with Crippen LogP contribution in [0.5, 0.6) is 0 Å². The van der Waals surface area contributed by atoms with Gasteiger partial charge in [0.2, 0.25) is 0 Å². The number of hydrogen-bond acceptors (Lipinski definition) is 7. The van der Waals surface area contributed by atoms with E-state index in [1.54, 1.807) is 0 Å². The molecule has 1 heterocycles. The Morgan fingerprint density at radius 1 is 1.12 bits per heavy atom. The largest absolute Gasteiger partial charge is 0.466 e. The van der Waals surface area contributed by atoms with E-state index in [1.807, 2.05) is 0 Å². The third-order valence-corrected chi connectivity index (χ3v) is 1.95. The minimum Gasteiger partial charge on any atom is -0.394 e. The number of nitrogens with two attached hydrogens (primary N) is 1. The Balaban J connectivity index is 0.000000437. The van der Waals surface area contributed by atoms with Crippen LogP contribution in [0.3, 0.4) is 0 Å². The van der Waals surface area contributed by atoms with Gasteiger partial charge in [0.15, 0.2) is 6.29 Å². The lowest BCUT2D eigenvalue weighted by Gasteiger charge is -2.38. The van der Waals surface area contributed by atoms with Crippen LogP contribution in [0.2, 0.25) is 0 Å². The Kier molecular flexibility index (Phi) is 6.66. The highest BCUT2D eigenvalue weighted by Gasteiger charge is 2.41. The fourth-order valence-corrected chi connectivity index (χ4v) is 1.12. The van der Waals surface area contributed by atoms with Crippen molar-refractivity contribution >= 4 is 7.82 Å². The van der Waals surface area contributed by atoms with Crippen molar-refractivity contribution in [2.24, 2.45) is 5.73 Å². The third-order valence-electron chi connectivity index (χ3n) is 1.95. The van der Waals surface area contributed by atoms with Crippen molar-refractivity contribution in [3.63, 3.8) is 0 Å². The fourth-order valence-electron chi connectivity index (χ4n) is 1.12. The molecule has 1 aliphatic rings. The van der Waals surface area contributed by atoms with Crippen LogP contribution in [-0.4, -0.2) is 72.4 Å². The quantitative estimate of drug-likeness (QED) is 0.218. The summed E-state index contributed by atoms with van der Waals surface area (Å²) in [5.41, 5.74) is 5.26. The standard InChI is InChI=1S/C6H13NO5.H3O4P/c7-3-5(10)4(9)2(1-8)12-6(3)11;1-5(2,3)4/h2-6,8-11H,1,7H2;(H3,1,2,3,4)/t2-,3-,4-,5-,6+;/m1./s1. The van der Waals surface area contributed by atoms with Crippen molar-refractivity contribution in [1.29, 1.82) is 0 Å². The summed E-state index contributed by atoms with van der Waals surface area (Å²) in [5, 5.41) is 36.1. The summed E-state index contributed by atoms with van der Waals surface area (Å²) in [6.45, 7) is -0.470. The predicted molar refractivity (Wildman–Crippen MR) is 52.2 cm³/mol. The maximum atomic E-state index is 9.20. The zero-order valence-corrected chi connectivity index (χ0v) is 9.46. The van der Waals surface area contributed by atoms with Gasteiger partial charge in [0.1, 0.15) is 18.3 Å². The first-order valence-electron chi connectivity index (χ1n) is 4.42. The maximum absolute atomic E-state index is 9.20. The van der Waals surface area contributed by atoms with Crippen molar-refractivity contribution < 1.29 is 44.4 Å². The van der Waals surface area contributed by atoms with Crippen LogP contribution in [0, 0.1) is 0 Å². The molecule has 1 saturated heterocycles. The number of ether oxygens (including phenoxy) is 1. The molecule has 10 nitrogen and oxygen atoms in total. The van der Waals surface area contributed by atoms with Gasteiger partial charge in [-0.1, -0.05) is 0 Å². The van der Waals surface area contributed by atoms with Crippen LogP contribution in [0.15, 0.2) is 0 Å². The topological polar surface area (TPSA) is 194 Å². The number of hydrogen-bond donors (Lipinski definition) is 8. The Bertz CT molecular complexity index is 257. The van der Waals surface area contributed by atoms with Gasteiger partial charge in [0.25, 0.3) is 0 Å². The molecule has 0 saturated carbocycles. The lowest BCUT2D eigenvalue weighted by Crippen LogP contribution is -2.61. The number of phosphoric acid groups is 1. The van der Waals surface area contributed by atoms with Crippen molar-refractivity contribution in [3.8, 4) is 0 Å². The molecule has 5 atom stereocenters. The van der Waals surface area contributed by atoms with E-state index in [2.05, 4.69) is 0 Å². The van der Waals surface area contributed by atoms with Crippen LogP contribution in [0.4, 0.5) is 0 Å². The zero-order chi connectivity index (χ0) is 13.8. The molecule has 0 radical (unpaired) electrons. The smallest absolute Gasteiger partial charge is 0.394 e. The van der Waals surface area contributed by atoms with Crippen LogP contribution in [0.1, 0.15) is 0 Å². The molecule has 0 aliphatic carbocycles. The van der Waals surface area contributed by atoms with Crippen molar-refractivity contribution in [2.75, 3.05) is 6.61 Å². The molecule has 0 bridgehead atoms. The minimum atomic E-state index is -4.64. The first-order valence-corrected chi connectivity index (χ1v) is 5.98. The van der Waals surface area contributed by atoms with Gasteiger partial charge in [-0.2, -0.15) is 0 Å². The summed E-state index contributed by atoms with van der Waals surface area (Å²) in [5.74, 6) is 0. The van der Waals surface area contributed by atoms with E-state index in [9.17, 15) is 10.2 Å². The van der Waals surface area contributed by atoms with Crippen LogP contribution < -0.4 is 5.73 Å². The SMILES string of the molecule is N[C@@H]1[C@@H](O)[C@H](O)[C@@H](CO)O[C@@H]1O.O=P(O)(O)O. The third kappa shape index (κ3) is 6.38. The second kappa shape index (κ2) is 6.71. The molecule has 1 rings (SSSR count). The molecule has 1 fully saturated rings. The lowest BCUT2D eigenvalue weighted by atomic mass is 9.98. The molecule has 0 aromatic carbocycles. The monoisotopic (exact) mass is 277 g/mol. The molecule has 17 heavy (non-hydrogen) atoms. The Morgan fingerprint density at radius 3 is 1.88 bits per heavy atom. The van der Waals surface area contributed by atoms with Gasteiger partial charge >= 0.3 is 7.82 Å². The zero-order valence-electron chi connectivity index (χ0n) is 8.57. The molecule has 104 valence electrons. The summed E-state index contributed by atoms with van der Waals surface area (Å²) >= 11 is 0. The van der Waals surface area contributed by atoms with Crippen molar-refractivity contribution in [3.05, 3.63) is 0 Å². The molecule has 0 amide bonds. The van der Waals surface area contributed by atoms with E-state index >= 15 is 0 Å². The van der Waals surface area contributed by atoms with Crippen LogP contribution >= 0.6 is 7.82 Å². The van der Waals surface area contributed by atoms with Gasteiger partial charge in [-0.15, -0.1) is 0 Å². The Labute approximate surface area is 96.1 Å². The molecule has 11 heteroatoms. The summed E-state index contributed by atoms with van der Waals surface area (Å²) in [7, 11) is -4.64. The molecule has 0 spiro atoms. The minimum absolute atomic E-state index is 0.470. The van der Waals surface area contributed by atoms with E-state index in [1.165, 1.54) is 0 Å². The average molecular weight is 277 g/mol. The maximum Gasteiger partial charge on any atom is 0.466 e. The molecule has 0 aromatic rings. The first kappa shape index (κ1) is 16.9. The second-order valence-corrected chi connectivity index (χ2v) is 4.35. The highest BCUT2D eigenvalue weighted by Crippen LogP contribution is 2.25. The van der Waals surface area contributed by atoms with Crippen LogP contribution in [-0.2, 0) is 9.30 Å². The van der Waals surface area contributed by atoms with Gasteiger partial charge in [-0.25, -0.2) is 4.57 Å². The van der Waals surface area contributed by atoms with Crippen LogP contribution in [0.25, 0.3) is 0 Å². The van der Waals surface area contributed by atoms with E-state index in [0.29, 0.717) is 0 Å². The highest BCUT2D eigenvalue weighted by atomic mass is 31.2. The molecule has 1 aliphatic heterocycles. The molecule has 9 N–H and O–H groups in total. The highest BCUT2D eigenvalue weighted by molar-refractivity contribution is 7.45. The van der Waals surface area contributed by atoms with E-state index in [-0.39, 0.29) is 0 Å². The normalized spacial score (nSPS) is 38.2. The number of rotatable bonds is 1. The number of aliphatic hydroxyl groups is 4. The molecule has 0 aromatic heterocycles.